The fraction of sp³-hybridized carbons (Fsp3) is 0.360. The third-order valence-corrected chi connectivity index (χ3v) is 5.50. The predicted molar refractivity (Wildman–Crippen MR) is 121 cm³/mol. The lowest BCUT2D eigenvalue weighted by Gasteiger charge is -2.25. The van der Waals surface area contributed by atoms with E-state index in [9.17, 15) is 9.59 Å². The van der Waals surface area contributed by atoms with E-state index in [1.807, 2.05) is 32.0 Å². The number of fused-ring (bicyclic) bond motifs is 2. The molecule has 1 aliphatic rings. The SMILES string of the molecule is CCOc1ccc(C2c3c(oc4ccccc4c3=O)C(=O)N2CCCOC)cc1OCC. The number of rotatable bonds is 9. The minimum Gasteiger partial charge on any atom is -0.490 e. The number of nitrogens with zero attached hydrogens (tertiary/aromatic N) is 1. The topological polar surface area (TPSA) is 78.2 Å². The van der Waals surface area contributed by atoms with Crippen molar-refractivity contribution in [1.82, 2.24) is 4.90 Å². The lowest BCUT2D eigenvalue weighted by molar-refractivity contribution is 0.0707. The number of para-hydroxylation sites is 1. The monoisotopic (exact) mass is 437 g/mol. The molecule has 1 aromatic heterocycles. The zero-order valence-electron chi connectivity index (χ0n) is 18.6. The summed E-state index contributed by atoms with van der Waals surface area (Å²) in [4.78, 5) is 28.5. The van der Waals surface area contributed by atoms with E-state index >= 15 is 0 Å². The number of hydrogen-bond acceptors (Lipinski definition) is 6. The summed E-state index contributed by atoms with van der Waals surface area (Å²) >= 11 is 0. The van der Waals surface area contributed by atoms with Gasteiger partial charge >= 0.3 is 0 Å². The fourth-order valence-electron chi connectivity index (χ4n) is 4.16. The smallest absolute Gasteiger partial charge is 0.290 e. The maximum atomic E-state index is 13.5. The first-order chi connectivity index (χ1) is 15.6. The molecule has 1 aliphatic heterocycles. The van der Waals surface area contributed by atoms with Crippen molar-refractivity contribution >= 4 is 16.9 Å². The van der Waals surface area contributed by atoms with Crippen LogP contribution in [0.15, 0.2) is 51.7 Å². The first-order valence-corrected chi connectivity index (χ1v) is 10.9. The molecule has 0 radical (unpaired) electrons. The van der Waals surface area contributed by atoms with Crippen molar-refractivity contribution in [3.8, 4) is 11.5 Å². The standard InChI is InChI=1S/C25H27NO6/c1-4-30-19-12-11-16(15-20(19)31-5-2)22-21-23(27)17-9-6-7-10-18(17)32-24(21)25(28)26(22)13-8-14-29-3/h6-7,9-12,15,22H,4-5,8,13-14H2,1-3H3. The molecule has 1 unspecified atom stereocenters. The molecular weight excluding hydrogens is 410 g/mol. The zero-order valence-corrected chi connectivity index (χ0v) is 18.6. The van der Waals surface area contributed by atoms with E-state index in [1.54, 1.807) is 36.3 Å². The molecule has 4 rings (SSSR count). The molecule has 7 nitrogen and oxygen atoms in total. The summed E-state index contributed by atoms with van der Waals surface area (Å²) in [5, 5.41) is 0.457. The second-order valence-electron chi connectivity index (χ2n) is 7.49. The second kappa shape index (κ2) is 9.44. The van der Waals surface area contributed by atoms with Gasteiger partial charge in [0.15, 0.2) is 16.9 Å². The van der Waals surface area contributed by atoms with E-state index in [1.165, 1.54) is 0 Å². The minimum atomic E-state index is -0.579. The quantitative estimate of drug-likeness (QED) is 0.468. The molecule has 2 heterocycles. The van der Waals surface area contributed by atoms with Gasteiger partial charge < -0.3 is 23.5 Å². The van der Waals surface area contributed by atoms with E-state index in [4.69, 9.17) is 18.6 Å². The first kappa shape index (κ1) is 21.9. The van der Waals surface area contributed by atoms with Crippen LogP contribution in [0.3, 0.4) is 0 Å². The largest absolute Gasteiger partial charge is 0.490 e. The summed E-state index contributed by atoms with van der Waals surface area (Å²) in [6, 6.07) is 12.0. The Morgan fingerprint density at radius 3 is 2.50 bits per heavy atom. The molecule has 168 valence electrons. The maximum Gasteiger partial charge on any atom is 0.290 e. The average molecular weight is 437 g/mol. The summed E-state index contributed by atoms with van der Waals surface area (Å²) in [6.07, 6.45) is 0.635. The van der Waals surface area contributed by atoms with Crippen LogP contribution < -0.4 is 14.9 Å². The molecule has 0 saturated heterocycles. The van der Waals surface area contributed by atoms with Crippen molar-refractivity contribution in [3.63, 3.8) is 0 Å². The van der Waals surface area contributed by atoms with Crippen LogP contribution in [0.25, 0.3) is 11.0 Å². The molecule has 1 atom stereocenters. The Morgan fingerprint density at radius 2 is 1.75 bits per heavy atom. The van der Waals surface area contributed by atoms with Gasteiger partial charge in [0.05, 0.1) is 30.2 Å². The third-order valence-electron chi connectivity index (χ3n) is 5.50. The summed E-state index contributed by atoms with van der Waals surface area (Å²) < 4.78 is 22.6. The van der Waals surface area contributed by atoms with E-state index in [-0.39, 0.29) is 17.1 Å². The highest BCUT2D eigenvalue weighted by atomic mass is 16.5. The number of carbonyl (C=O) groups excluding carboxylic acids is 1. The van der Waals surface area contributed by atoms with Gasteiger partial charge in [-0.05, 0) is 50.1 Å². The lowest BCUT2D eigenvalue weighted by atomic mass is 9.98. The number of benzene rings is 2. The summed E-state index contributed by atoms with van der Waals surface area (Å²) in [5.74, 6) is 1.01. The van der Waals surface area contributed by atoms with Gasteiger partial charge in [0.1, 0.15) is 5.58 Å². The van der Waals surface area contributed by atoms with Gasteiger partial charge in [0, 0.05) is 20.3 Å². The van der Waals surface area contributed by atoms with Crippen LogP contribution in [0.1, 0.15) is 48.0 Å². The Morgan fingerprint density at radius 1 is 1.00 bits per heavy atom. The van der Waals surface area contributed by atoms with Crippen LogP contribution in [0.5, 0.6) is 11.5 Å². The van der Waals surface area contributed by atoms with Crippen LogP contribution >= 0.6 is 0 Å². The van der Waals surface area contributed by atoms with Crippen molar-refractivity contribution in [2.75, 3.05) is 33.5 Å². The zero-order chi connectivity index (χ0) is 22.7. The Bertz CT molecular complexity index is 1180. The predicted octanol–water partition coefficient (Wildman–Crippen LogP) is 4.17. The van der Waals surface area contributed by atoms with Gasteiger partial charge in [0.25, 0.3) is 5.91 Å². The normalized spacial score (nSPS) is 15.3. The molecule has 32 heavy (non-hydrogen) atoms. The first-order valence-electron chi connectivity index (χ1n) is 10.9. The molecule has 3 aromatic rings. The van der Waals surface area contributed by atoms with Crippen LogP contribution in [-0.2, 0) is 4.74 Å². The fourth-order valence-corrected chi connectivity index (χ4v) is 4.16. The summed E-state index contributed by atoms with van der Waals surface area (Å²) in [6.45, 7) is 5.70. The average Bonchev–Trinajstić information content (AvgIpc) is 3.08. The van der Waals surface area contributed by atoms with Crippen molar-refractivity contribution < 1.29 is 23.4 Å². The number of hydrogen-bond donors (Lipinski definition) is 0. The van der Waals surface area contributed by atoms with Crippen LogP contribution in [0.4, 0.5) is 0 Å². The third kappa shape index (κ3) is 3.84. The van der Waals surface area contributed by atoms with Gasteiger partial charge in [-0.15, -0.1) is 0 Å². The molecule has 0 spiro atoms. The number of carbonyl (C=O) groups is 1. The minimum absolute atomic E-state index is 0.1000. The maximum absolute atomic E-state index is 13.5. The Labute approximate surface area is 186 Å². The van der Waals surface area contributed by atoms with E-state index in [0.29, 0.717) is 60.8 Å². The van der Waals surface area contributed by atoms with Crippen molar-refractivity contribution in [2.45, 2.75) is 26.3 Å². The number of amides is 1. The van der Waals surface area contributed by atoms with Gasteiger partial charge in [0.2, 0.25) is 5.76 Å². The summed E-state index contributed by atoms with van der Waals surface area (Å²) in [7, 11) is 1.62. The van der Waals surface area contributed by atoms with Crippen molar-refractivity contribution in [2.24, 2.45) is 0 Å². The lowest BCUT2D eigenvalue weighted by Crippen LogP contribution is -2.31. The molecule has 1 amide bonds. The second-order valence-corrected chi connectivity index (χ2v) is 7.49. The molecule has 0 aliphatic carbocycles. The van der Waals surface area contributed by atoms with Crippen molar-refractivity contribution in [1.29, 1.82) is 0 Å². The molecule has 7 heteroatoms. The van der Waals surface area contributed by atoms with Crippen molar-refractivity contribution in [3.05, 3.63) is 69.6 Å². The van der Waals surface area contributed by atoms with Gasteiger partial charge in [-0.2, -0.15) is 0 Å². The molecule has 0 fully saturated rings. The highest BCUT2D eigenvalue weighted by Gasteiger charge is 2.42. The van der Waals surface area contributed by atoms with Gasteiger partial charge in [-0.3, -0.25) is 9.59 Å². The number of ether oxygens (including phenoxy) is 3. The number of methoxy groups -OCH3 is 1. The Balaban J connectivity index is 1.88. The van der Waals surface area contributed by atoms with E-state index in [0.717, 1.165) is 5.56 Å². The van der Waals surface area contributed by atoms with E-state index < -0.39 is 6.04 Å². The molecule has 0 N–H and O–H groups in total. The summed E-state index contributed by atoms with van der Waals surface area (Å²) in [5.41, 5.74) is 1.34. The van der Waals surface area contributed by atoms with Crippen LogP contribution in [0, 0.1) is 0 Å². The molecule has 0 saturated carbocycles. The van der Waals surface area contributed by atoms with Gasteiger partial charge in [-0.25, -0.2) is 0 Å². The van der Waals surface area contributed by atoms with E-state index in [2.05, 4.69) is 0 Å². The highest BCUT2D eigenvalue weighted by Crippen LogP contribution is 2.41. The Hall–Kier alpha value is -3.32. The van der Waals surface area contributed by atoms with Gasteiger partial charge in [-0.1, -0.05) is 18.2 Å². The van der Waals surface area contributed by atoms with Crippen LogP contribution in [0.2, 0.25) is 0 Å². The van der Waals surface area contributed by atoms with Crippen LogP contribution in [-0.4, -0.2) is 44.3 Å². The molecule has 0 bridgehead atoms. The molecule has 2 aromatic carbocycles. The highest BCUT2D eigenvalue weighted by molar-refractivity contribution is 5.99. The Kier molecular flexibility index (Phi) is 6.46. The molecular formula is C25H27NO6.